The Morgan fingerprint density at radius 1 is 1.07 bits per heavy atom. The van der Waals surface area contributed by atoms with Gasteiger partial charge in [-0.05, 0) is 36.6 Å². The molecular formula is C21H22N4O2. The molecular weight excluding hydrogens is 340 g/mol. The molecule has 0 saturated carbocycles. The van der Waals surface area contributed by atoms with E-state index in [0.717, 1.165) is 18.5 Å². The van der Waals surface area contributed by atoms with Gasteiger partial charge in [0, 0.05) is 24.3 Å². The van der Waals surface area contributed by atoms with Gasteiger partial charge >= 0.3 is 0 Å². The maximum Gasteiger partial charge on any atom is 0.254 e. The number of amides is 1. The Kier molecular flexibility index (Phi) is 5.25. The van der Waals surface area contributed by atoms with Gasteiger partial charge in [0.15, 0.2) is 0 Å². The Balaban J connectivity index is 1.40. The van der Waals surface area contributed by atoms with Crippen molar-refractivity contribution < 1.29 is 9.53 Å². The molecule has 0 radical (unpaired) electrons. The molecule has 0 spiro atoms. The van der Waals surface area contributed by atoms with Crippen LogP contribution in [0.5, 0.6) is 0 Å². The molecule has 0 N–H and O–H groups in total. The number of morpholine rings is 1. The summed E-state index contributed by atoms with van der Waals surface area (Å²) in [5.41, 5.74) is 2.84. The number of hydrogen-bond acceptors (Lipinski definition) is 4. The molecule has 27 heavy (non-hydrogen) atoms. The van der Waals surface area contributed by atoms with Gasteiger partial charge < -0.3 is 9.64 Å². The van der Waals surface area contributed by atoms with Crippen molar-refractivity contribution in [1.82, 2.24) is 19.7 Å². The summed E-state index contributed by atoms with van der Waals surface area (Å²) < 4.78 is 7.67. The number of carbonyl (C=O) groups excluding carboxylic acids is 1. The van der Waals surface area contributed by atoms with Crippen molar-refractivity contribution in [1.29, 1.82) is 0 Å². The molecule has 2 aromatic carbocycles. The van der Waals surface area contributed by atoms with Crippen molar-refractivity contribution in [2.75, 3.05) is 19.7 Å². The van der Waals surface area contributed by atoms with Crippen LogP contribution in [0.15, 0.2) is 67.3 Å². The minimum Gasteiger partial charge on any atom is -0.375 e. The number of hydrogen-bond donors (Lipinski definition) is 0. The van der Waals surface area contributed by atoms with Crippen molar-refractivity contribution in [3.8, 4) is 5.69 Å². The van der Waals surface area contributed by atoms with Crippen LogP contribution in [0.3, 0.4) is 0 Å². The largest absolute Gasteiger partial charge is 0.375 e. The number of rotatable bonds is 5. The fraction of sp³-hybridized carbons (Fsp3) is 0.286. The molecule has 138 valence electrons. The van der Waals surface area contributed by atoms with Crippen LogP contribution in [0.2, 0.25) is 0 Å². The zero-order valence-corrected chi connectivity index (χ0v) is 15.1. The molecule has 1 atom stereocenters. The quantitative estimate of drug-likeness (QED) is 0.700. The van der Waals surface area contributed by atoms with E-state index in [1.807, 2.05) is 35.2 Å². The summed E-state index contributed by atoms with van der Waals surface area (Å²) in [6, 6.07) is 17.9. The first kappa shape index (κ1) is 17.4. The average molecular weight is 362 g/mol. The zero-order chi connectivity index (χ0) is 18.5. The molecule has 0 bridgehead atoms. The summed E-state index contributed by atoms with van der Waals surface area (Å²) in [5.74, 6) is 0.0398. The molecule has 1 saturated heterocycles. The van der Waals surface area contributed by atoms with Gasteiger partial charge in [-0.3, -0.25) is 9.36 Å². The summed E-state index contributed by atoms with van der Waals surface area (Å²) in [7, 11) is 0. The smallest absolute Gasteiger partial charge is 0.254 e. The van der Waals surface area contributed by atoms with Crippen LogP contribution in [0, 0.1) is 0 Å². The van der Waals surface area contributed by atoms with E-state index in [4.69, 9.17) is 4.74 Å². The molecule has 1 fully saturated rings. The van der Waals surface area contributed by atoms with E-state index in [-0.39, 0.29) is 12.0 Å². The number of nitrogens with zero attached hydrogens (tertiary/aromatic N) is 4. The summed E-state index contributed by atoms with van der Waals surface area (Å²) in [6.07, 6.45) is 5.19. The minimum absolute atomic E-state index is 0.0398. The van der Waals surface area contributed by atoms with Gasteiger partial charge in [0.05, 0.1) is 12.7 Å². The lowest BCUT2D eigenvalue weighted by Gasteiger charge is -2.33. The van der Waals surface area contributed by atoms with Gasteiger partial charge in [-0.25, -0.2) is 0 Å². The molecule has 1 aliphatic heterocycles. The van der Waals surface area contributed by atoms with Crippen LogP contribution in [0.4, 0.5) is 0 Å². The minimum atomic E-state index is 0.0398. The fourth-order valence-electron chi connectivity index (χ4n) is 3.37. The Morgan fingerprint density at radius 3 is 2.70 bits per heavy atom. The highest BCUT2D eigenvalue weighted by molar-refractivity contribution is 5.94. The summed E-state index contributed by atoms with van der Waals surface area (Å²) in [4.78, 5) is 14.9. The van der Waals surface area contributed by atoms with E-state index < -0.39 is 0 Å². The standard InChI is InChI=1S/C21H22N4O2/c26-21(18-7-4-8-19(13-18)25-15-22-23-16-25)24-11-12-27-20(14-24)10-9-17-5-2-1-3-6-17/h1-8,13,15-16,20H,9-12,14H2/t20-/m0/s1. The summed E-state index contributed by atoms with van der Waals surface area (Å²) >= 11 is 0. The third kappa shape index (κ3) is 4.23. The zero-order valence-electron chi connectivity index (χ0n) is 15.1. The maximum absolute atomic E-state index is 13.0. The number of ether oxygens (including phenoxy) is 1. The van der Waals surface area contributed by atoms with Gasteiger partial charge in [-0.15, -0.1) is 10.2 Å². The van der Waals surface area contributed by atoms with Crippen LogP contribution in [-0.4, -0.2) is 51.4 Å². The van der Waals surface area contributed by atoms with Crippen molar-refractivity contribution in [3.63, 3.8) is 0 Å². The number of carbonyl (C=O) groups is 1. The molecule has 6 heteroatoms. The second-order valence-corrected chi connectivity index (χ2v) is 6.69. The van der Waals surface area contributed by atoms with Crippen LogP contribution < -0.4 is 0 Å². The second kappa shape index (κ2) is 8.14. The Bertz CT molecular complexity index is 880. The monoisotopic (exact) mass is 362 g/mol. The summed E-state index contributed by atoms with van der Waals surface area (Å²) in [5, 5.41) is 7.64. The third-order valence-corrected chi connectivity index (χ3v) is 4.83. The van der Waals surface area contributed by atoms with E-state index in [2.05, 4.69) is 34.5 Å². The molecule has 0 aliphatic carbocycles. The summed E-state index contributed by atoms with van der Waals surface area (Å²) in [6.45, 7) is 1.83. The Hall–Kier alpha value is -2.99. The molecule has 1 aromatic heterocycles. The molecule has 3 aromatic rings. The lowest BCUT2D eigenvalue weighted by atomic mass is 10.1. The van der Waals surface area contributed by atoms with Crippen LogP contribution in [-0.2, 0) is 11.2 Å². The number of benzene rings is 2. The van der Waals surface area contributed by atoms with Crippen molar-refractivity contribution in [2.45, 2.75) is 18.9 Å². The number of aromatic nitrogens is 3. The normalized spacial score (nSPS) is 17.0. The molecule has 4 rings (SSSR count). The third-order valence-electron chi connectivity index (χ3n) is 4.83. The van der Waals surface area contributed by atoms with Crippen molar-refractivity contribution in [3.05, 3.63) is 78.4 Å². The predicted molar refractivity (Wildman–Crippen MR) is 102 cm³/mol. The predicted octanol–water partition coefficient (Wildman–Crippen LogP) is 2.74. The molecule has 1 amide bonds. The lowest BCUT2D eigenvalue weighted by molar-refractivity contribution is -0.0246. The van der Waals surface area contributed by atoms with Crippen LogP contribution in [0.25, 0.3) is 5.69 Å². The molecule has 6 nitrogen and oxygen atoms in total. The fourth-order valence-corrected chi connectivity index (χ4v) is 3.37. The van der Waals surface area contributed by atoms with E-state index >= 15 is 0 Å². The molecule has 0 unspecified atom stereocenters. The van der Waals surface area contributed by atoms with Gasteiger partial charge in [0.2, 0.25) is 0 Å². The van der Waals surface area contributed by atoms with E-state index in [1.54, 1.807) is 17.2 Å². The Labute approximate surface area is 158 Å². The first-order valence-corrected chi connectivity index (χ1v) is 9.19. The van der Waals surface area contributed by atoms with Crippen molar-refractivity contribution >= 4 is 5.91 Å². The first-order valence-electron chi connectivity index (χ1n) is 9.19. The van der Waals surface area contributed by atoms with Gasteiger partial charge in [-0.1, -0.05) is 36.4 Å². The van der Waals surface area contributed by atoms with Crippen LogP contribution >= 0.6 is 0 Å². The lowest BCUT2D eigenvalue weighted by Crippen LogP contribution is -2.45. The molecule has 1 aliphatic rings. The number of aryl methyl sites for hydroxylation is 1. The van der Waals surface area contributed by atoms with Crippen molar-refractivity contribution in [2.24, 2.45) is 0 Å². The molecule has 2 heterocycles. The van der Waals surface area contributed by atoms with E-state index in [0.29, 0.717) is 25.3 Å². The highest BCUT2D eigenvalue weighted by atomic mass is 16.5. The van der Waals surface area contributed by atoms with Gasteiger partial charge in [0.1, 0.15) is 12.7 Å². The Morgan fingerprint density at radius 2 is 1.89 bits per heavy atom. The highest BCUT2D eigenvalue weighted by Gasteiger charge is 2.25. The van der Waals surface area contributed by atoms with E-state index in [9.17, 15) is 4.79 Å². The second-order valence-electron chi connectivity index (χ2n) is 6.69. The highest BCUT2D eigenvalue weighted by Crippen LogP contribution is 2.17. The van der Waals surface area contributed by atoms with E-state index in [1.165, 1.54) is 5.56 Å². The SMILES string of the molecule is O=C(c1cccc(-n2cnnc2)c1)N1CCO[C@@H](CCc2ccccc2)C1. The van der Waals surface area contributed by atoms with Gasteiger partial charge in [0.25, 0.3) is 5.91 Å². The van der Waals surface area contributed by atoms with Crippen LogP contribution in [0.1, 0.15) is 22.3 Å². The van der Waals surface area contributed by atoms with Gasteiger partial charge in [-0.2, -0.15) is 0 Å². The average Bonchev–Trinajstić information content (AvgIpc) is 3.28. The maximum atomic E-state index is 13.0. The first-order chi connectivity index (χ1) is 13.3. The topological polar surface area (TPSA) is 60.2 Å².